The van der Waals surface area contributed by atoms with Crippen LogP contribution in [-0.2, 0) is 11.3 Å². The molecule has 1 aliphatic heterocycles. The monoisotopic (exact) mass is 278 g/mol. The zero-order valence-corrected chi connectivity index (χ0v) is 12.0. The van der Waals surface area contributed by atoms with Crippen LogP contribution in [0.4, 0.5) is 5.82 Å². The summed E-state index contributed by atoms with van der Waals surface area (Å²) >= 11 is 0. The second-order valence-electron chi connectivity index (χ2n) is 5.05. The molecule has 0 bridgehead atoms. The van der Waals surface area contributed by atoms with E-state index in [-0.39, 0.29) is 11.9 Å². The highest BCUT2D eigenvalue weighted by atomic mass is 16.2. The van der Waals surface area contributed by atoms with Gasteiger partial charge in [-0.25, -0.2) is 15.8 Å². The SMILES string of the molecule is CNC(=O)C1CCCCN1Cc1nc(C)cc(NN)n1. The Morgan fingerprint density at radius 2 is 2.30 bits per heavy atom. The van der Waals surface area contributed by atoms with Crippen LogP contribution in [-0.4, -0.2) is 40.4 Å². The van der Waals surface area contributed by atoms with Gasteiger partial charge in [0, 0.05) is 18.8 Å². The normalized spacial score (nSPS) is 19.6. The Morgan fingerprint density at radius 3 is 3.00 bits per heavy atom. The maximum Gasteiger partial charge on any atom is 0.237 e. The summed E-state index contributed by atoms with van der Waals surface area (Å²) in [5.41, 5.74) is 3.40. The minimum atomic E-state index is -0.0906. The van der Waals surface area contributed by atoms with Crippen LogP contribution in [0.2, 0.25) is 0 Å². The number of nitrogen functional groups attached to an aromatic ring is 1. The number of hydrogen-bond donors (Lipinski definition) is 3. The van der Waals surface area contributed by atoms with Gasteiger partial charge in [0.2, 0.25) is 5.91 Å². The van der Waals surface area contributed by atoms with Crippen molar-refractivity contribution in [3.63, 3.8) is 0 Å². The van der Waals surface area contributed by atoms with Gasteiger partial charge >= 0.3 is 0 Å². The number of hydrazine groups is 1. The van der Waals surface area contributed by atoms with E-state index >= 15 is 0 Å². The van der Waals surface area contributed by atoms with Crippen LogP contribution in [0.15, 0.2) is 6.07 Å². The molecule has 1 aromatic heterocycles. The summed E-state index contributed by atoms with van der Waals surface area (Å²) in [4.78, 5) is 22.8. The van der Waals surface area contributed by atoms with Gasteiger partial charge in [0.25, 0.3) is 0 Å². The molecule has 1 saturated heterocycles. The molecule has 0 radical (unpaired) electrons. The molecule has 0 aromatic carbocycles. The first-order chi connectivity index (χ1) is 9.63. The second-order valence-corrected chi connectivity index (χ2v) is 5.05. The number of rotatable bonds is 4. The molecule has 110 valence electrons. The fourth-order valence-electron chi connectivity index (χ4n) is 2.60. The number of piperidine rings is 1. The predicted octanol–water partition coefficient (Wildman–Crippen LogP) is 0.171. The van der Waals surface area contributed by atoms with Crippen molar-refractivity contribution in [3.05, 3.63) is 17.6 Å². The molecule has 1 unspecified atom stereocenters. The number of likely N-dealkylation sites (tertiary alicyclic amines) is 1. The lowest BCUT2D eigenvalue weighted by Gasteiger charge is -2.33. The maximum absolute atomic E-state index is 11.9. The van der Waals surface area contributed by atoms with Crippen LogP contribution in [0.1, 0.15) is 30.8 Å². The summed E-state index contributed by atoms with van der Waals surface area (Å²) in [5.74, 6) is 6.75. The van der Waals surface area contributed by atoms with E-state index in [1.807, 2.05) is 6.92 Å². The number of carbonyl (C=O) groups excluding carboxylic acids is 1. The highest BCUT2D eigenvalue weighted by Gasteiger charge is 2.28. The van der Waals surface area contributed by atoms with Crippen molar-refractivity contribution < 1.29 is 4.79 Å². The highest BCUT2D eigenvalue weighted by Crippen LogP contribution is 2.19. The van der Waals surface area contributed by atoms with E-state index in [0.29, 0.717) is 18.2 Å². The van der Waals surface area contributed by atoms with Crippen molar-refractivity contribution >= 4 is 11.7 Å². The number of nitrogens with two attached hydrogens (primary N) is 1. The van der Waals surface area contributed by atoms with Crippen LogP contribution < -0.4 is 16.6 Å². The quantitative estimate of drug-likeness (QED) is 0.537. The average Bonchev–Trinajstić information content (AvgIpc) is 2.46. The minimum absolute atomic E-state index is 0.0644. The number of carbonyl (C=O) groups is 1. The predicted molar refractivity (Wildman–Crippen MR) is 76.7 cm³/mol. The number of amides is 1. The third-order valence-electron chi connectivity index (χ3n) is 3.56. The van der Waals surface area contributed by atoms with Crippen molar-refractivity contribution in [2.45, 2.75) is 38.8 Å². The topological polar surface area (TPSA) is 96.2 Å². The van der Waals surface area contributed by atoms with Crippen molar-refractivity contribution in [2.24, 2.45) is 5.84 Å². The van der Waals surface area contributed by atoms with Gasteiger partial charge in [-0.1, -0.05) is 6.42 Å². The Bertz CT molecular complexity index is 478. The van der Waals surface area contributed by atoms with E-state index in [0.717, 1.165) is 31.5 Å². The van der Waals surface area contributed by atoms with Crippen LogP contribution in [0.25, 0.3) is 0 Å². The van der Waals surface area contributed by atoms with Gasteiger partial charge in [0.15, 0.2) is 0 Å². The molecule has 1 atom stereocenters. The van der Waals surface area contributed by atoms with Crippen molar-refractivity contribution in [1.82, 2.24) is 20.2 Å². The Hall–Kier alpha value is -1.73. The Morgan fingerprint density at radius 1 is 1.50 bits per heavy atom. The van der Waals surface area contributed by atoms with E-state index in [4.69, 9.17) is 5.84 Å². The molecule has 1 amide bonds. The average molecular weight is 278 g/mol. The molecule has 2 heterocycles. The van der Waals surface area contributed by atoms with Gasteiger partial charge in [-0.15, -0.1) is 0 Å². The zero-order chi connectivity index (χ0) is 14.5. The molecule has 20 heavy (non-hydrogen) atoms. The third kappa shape index (κ3) is 3.43. The van der Waals surface area contributed by atoms with Gasteiger partial charge in [0.05, 0.1) is 12.6 Å². The van der Waals surface area contributed by atoms with Gasteiger partial charge in [-0.2, -0.15) is 0 Å². The first kappa shape index (κ1) is 14.7. The molecule has 7 heteroatoms. The summed E-state index contributed by atoms with van der Waals surface area (Å²) in [7, 11) is 1.68. The Labute approximate surface area is 118 Å². The highest BCUT2D eigenvalue weighted by molar-refractivity contribution is 5.81. The molecular formula is C13H22N6O. The van der Waals surface area contributed by atoms with E-state index in [2.05, 4.69) is 25.6 Å². The lowest BCUT2D eigenvalue weighted by atomic mass is 10.0. The third-order valence-corrected chi connectivity index (χ3v) is 3.56. The number of anilines is 1. The van der Waals surface area contributed by atoms with Crippen LogP contribution in [0.5, 0.6) is 0 Å². The second kappa shape index (κ2) is 6.62. The Kier molecular flexibility index (Phi) is 4.86. The molecule has 4 N–H and O–H groups in total. The van der Waals surface area contributed by atoms with Crippen molar-refractivity contribution in [3.8, 4) is 0 Å². The number of aryl methyl sites for hydroxylation is 1. The largest absolute Gasteiger partial charge is 0.358 e. The van der Waals surface area contributed by atoms with Gasteiger partial charge in [0.1, 0.15) is 11.6 Å². The summed E-state index contributed by atoms with van der Waals surface area (Å²) < 4.78 is 0. The van der Waals surface area contributed by atoms with Crippen LogP contribution >= 0.6 is 0 Å². The lowest BCUT2D eigenvalue weighted by molar-refractivity contribution is -0.127. The van der Waals surface area contributed by atoms with Gasteiger partial charge in [-0.05, 0) is 26.3 Å². The van der Waals surface area contributed by atoms with E-state index in [1.54, 1.807) is 13.1 Å². The fourth-order valence-corrected chi connectivity index (χ4v) is 2.60. The first-order valence-electron chi connectivity index (χ1n) is 6.91. The standard InChI is InChI=1S/C13H22N6O/c1-9-7-11(18-14)17-12(16-9)8-19-6-4-3-5-10(19)13(20)15-2/h7,10H,3-6,8,14H2,1-2H3,(H,15,20)(H,16,17,18). The van der Waals surface area contributed by atoms with Crippen LogP contribution in [0, 0.1) is 6.92 Å². The molecule has 1 fully saturated rings. The molecule has 0 aliphatic carbocycles. The number of nitrogens with one attached hydrogen (secondary N) is 2. The number of hydrogen-bond acceptors (Lipinski definition) is 6. The Balaban J connectivity index is 2.14. The molecular weight excluding hydrogens is 256 g/mol. The molecule has 2 rings (SSSR count). The van der Waals surface area contributed by atoms with Gasteiger partial charge < -0.3 is 10.7 Å². The van der Waals surface area contributed by atoms with Crippen molar-refractivity contribution in [2.75, 3.05) is 19.0 Å². The number of likely N-dealkylation sites (N-methyl/N-ethyl adjacent to an activating group) is 1. The summed E-state index contributed by atoms with van der Waals surface area (Å²) in [6, 6.07) is 1.70. The fraction of sp³-hybridized carbons (Fsp3) is 0.615. The maximum atomic E-state index is 11.9. The van der Waals surface area contributed by atoms with Crippen LogP contribution in [0.3, 0.4) is 0 Å². The van der Waals surface area contributed by atoms with E-state index < -0.39 is 0 Å². The molecule has 1 aliphatic rings. The molecule has 0 saturated carbocycles. The molecule has 1 aromatic rings. The summed E-state index contributed by atoms with van der Waals surface area (Å²) in [6.45, 7) is 3.35. The molecule has 7 nitrogen and oxygen atoms in total. The lowest BCUT2D eigenvalue weighted by Crippen LogP contribution is -2.48. The zero-order valence-electron chi connectivity index (χ0n) is 12.0. The smallest absolute Gasteiger partial charge is 0.237 e. The van der Waals surface area contributed by atoms with Gasteiger partial charge in [-0.3, -0.25) is 9.69 Å². The number of nitrogens with zero attached hydrogens (tertiary/aromatic N) is 3. The summed E-state index contributed by atoms with van der Waals surface area (Å²) in [6.07, 6.45) is 3.06. The minimum Gasteiger partial charge on any atom is -0.358 e. The number of aromatic nitrogens is 2. The summed E-state index contributed by atoms with van der Waals surface area (Å²) in [5, 5.41) is 2.73. The van der Waals surface area contributed by atoms with E-state index in [9.17, 15) is 4.79 Å². The molecule has 0 spiro atoms. The van der Waals surface area contributed by atoms with Crippen molar-refractivity contribution in [1.29, 1.82) is 0 Å². The first-order valence-corrected chi connectivity index (χ1v) is 6.91. The van der Waals surface area contributed by atoms with E-state index in [1.165, 1.54) is 0 Å².